The van der Waals surface area contributed by atoms with Gasteiger partial charge in [0.2, 0.25) is 11.8 Å². The number of rotatable bonds is 9. The summed E-state index contributed by atoms with van der Waals surface area (Å²) >= 11 is 6.05. The Labute approximate surface area is 154 Å². The summed E-state index contributed by atoms with van der Waals surface area (Å²) in [6, 6.07) is 3.41. The molecule has 0 saturated heterocycles. The third kappa shape index (κ3) is 5.34. The SMILES string of the molecule is CCC(CC)(CN)C(=O)NCCC(=O)Nc1cc(C)c(Cl)cc1OC. The van der Waals surface area contributed by atoms with Gasteiger partial charge in [-0.3, -0.25) is 9.59 Å². The standard InChI is InChI=1S/C18H28ClN3O3/c1-5-18(6-2,11-20)17(24)21-8-7-16(23)22-14-9-12(3)13(19)10-15(14)25-4/h9-10H,5-8,11,20H2,1-4H3,(H,21,24)(H,22,23). The van der Waals surface area contributed by atoms with Gasteiger partial charge in [0, 0.05) is 30.6 Å². The molecule has 2 amide bonds. The molecule has 1 aromatic carbocycles. The predicted molar refractivity (Wildman–Crippen MR) is 101 cm³/mol. The topological polar surface area (TPSA) is 93.5 Å². The quantitative estimate of drug-likeness (QED) is 0.623. The van der Waals surface area contributed by atoms with E-state index in [9.17, 15) is 9.59 Å². The van der Waals surface area contributed by atoms with Crippen molar-refractivity contribution in [2.24, 2.45) is 11.1 Å². The van der Waals surface area contributed by atoms with Crippen LogP contribution in [0.3, 0.4) is 0 Å². The molecule has 7 heteroatoms. The number of hydrogen-bond donors (Lipinski definition) is 3. The number of anilines is 1. The lowest BCUT2D eigenvalue weighted by atomic mass is 9.81. The van der Waals surface area contributed by atoms with Gasteiger partial charge in [-0.25, -0.2) is 0 Å². The van der Waals surface area contributed by atoms with Gasteiger partial charge >= 0.3 is 0 Å². The fourth-order valence-electron chi connectivity index (χ4n) is 2.57. The van der Waals surface area contributed by atoms with E-state index < -0.39 is 5.41 Å². The van der Waals surface area contributed by atoms with Crippen LogP contribution in [-0.2, 0) is 9.59 Å². The van der Waals surface area contributed by atoms with Gasteiger partial charge in [0.05, 0.1) is 18.2 Å². The fourth-order valence-corrected chi connectivity index (χ4v) is 2.73. The zero-order chi connectivity index (χ0) is 19.0. The van der Waals surface area contributed by atoms with E-state index in [-0.39, 0.29) is 24.8 Å². The number of nitrogens with one attached hydrogen (secondary N) is 2. The molecule has 0 spiro atoms. The van der Waals surface area contributed by atoms with E-state index in [1.165, 1.54) is 7.11 Å². The molecule has 0 radical (unpaired) electrons. The summed E-state index contributed by atoms with van der Waals surface area (Å²) in [5, 5.41) is 6.16. The van der Waals surface area contributed by atoms with E-state index in [1.807, 2.05) is 20.8 Å². The zero-order valence-electron chi connectivity index (χ0n) is 15.4. The third-order valence-electron chi connectivity index (χ3n) is 4.62. The molecule has 0 saturated carbocycles. The fraction of sp³-hybridized carbons (Fsp3) is 0.556. The normalized spacial score (nSPS) is 11.1. The average Bonchev–Trinajstić information content (AvgIpc) is 2.60. The van der Waals surface area contributed by atoms with Crippen molar-refractivity contribution in [1.29, 1.82) is 0 Å². The molecule has 0 unspecified atom stereocenters. The first kappa shape index (κ1) is 21.3. The number of aryl methyl sites for hydroxylation is 1. The summed E-state index contributed by atoms with van der Waals surface area (Å²) in [6.45, 7) is 6.27. The van der Waals surface area contributed by atoms with Crippen molar-refractivity contribution in [3.63, 3.8) is 0 Å². The molecule has 0 aromatic heterocycles. The summed E-state index contributed by atoms with van der Waals surface area (Å²) in [6.07, 6.45) is 1.49. The molecule has 0 aliphatic rings. The molecule has 0 bridgehead atoms. The summed E-state index contributed by atoms with van der Waals surface area (Å²) in [4.78, 5) is 24.5. The molecule has 4 N–H and O–H groups in total. The van der Waals surface area contributed by atoms with E-state index in [1.54, 1.807) is 12.1 Å². The lowest BCUT2D eigenvalue weighted by molar-refractivity contribution is -0.131. The smallest absolute Gasteiger partial charge is 0.227 e. The number of halogens is 1. The summed E-state index contributed by atoms with van der Waals surface area (Å²) in [5.74, 6) is 0.173. The van der Waals surface area contributed by atoms with Crippen LogP contribution in [0.25, 0.3) is 0 Å². The largest absolute Gasteiger partial charge is 0.495 e. The molecule has 0 aliphatic heterocycles. The maximum atomic E-state index is 12.3. The second-order valence-electron chi connectivity index (χ2n) is 6.05. The van der Waals surface area contributed by atoms with Crippen LogP contribution in [-0.4, -0.2) is 32.0 Å². The first-order chi connectivity index (χ1) is 11.8. The Hall–Kier alpha value is -1.79. The van der Waals surface area contributed by atoms with Crippen molar-refractivity contribution >= 4 is 29.1 Å². The molecule has 6 nitrogen and oxygen atoms in total. The van der Waals surface area contributed by atoms with E-state index in [0.717, 1.165) is 5.56 Å². The number of methoxy groups -OCH3 is 1. The molecule has 1 rings (SSSR count). The molecule has 0 aliphatic carbocycles. The Bertz CT molecular complexity index is 608. The lowest BCUT2D eigenvalue weighted by Gasteiger charge is -2.28. The van der Waals surface area contributed by atoms with Crippen LogP contribution in [0.15, 0.2) is 12.1 Å². The van der Waals surface area contributed by atoms with Crippen molar-refractivity contribution in [1.82, 2.24) is 5.32 Å². The lowest BCUT2D eigenvalue weighted by Crippen LogP contribution is -2.45. The Morgan fingerprint density at radius 2 is 1.92 bits per heavy atom. The molecule has 1 aromatic rings. The van der Waals surface area contributed by atoms with Gasteiger partial charge in [0.15, 0.2) is 0 Å². The first-order valence-electron chi connectivity index (χ1n) is 8.45. The van der Waals surface area contributed by atoms with Crippen LogP contribution in [0.1, 0.15) is 38.7 Å². The number of nitrogens with two attached hydrogens (primary N) is 1. The Kier molecular flexibility index (Phi) is 8.19. The van der Waals surface area contributed by atoms with Crippen molar-refractivity contribution in [3.8, 4) is 5.75 Å². The monoisotopic (exact) mass is 369 g/mol. The van der Waals surface area contributed by atoms with Gasteiger partial charge in [0.1, 0.15) is 5.75 Å². The van der Waals surface area contributed by atoms with Crippen LogP contribution < -0.4 is 21.1 Å². The maximum Gasteiger partial charge on any atom is 0.227 e. The van der Waals surface area contributed by atoms with Crippen LogP contribution in [0.2, 0.25) is 5.02 Å². The van der Waals surface area contributed by atoms with Gasteiger partial charge in [-0.15, -0.1) is 0 Å². The Morgan fingerprint density at radius 1 is 1.28 bits per heavy atom. The van der Waals surface area contributed by atoms with Gasteiger partial charge in [-0.1, -0.05) is 25.4 Å². The van der Waals surface area contributed by atoms with Gasteiger partial charge in [-0.2, -0.15) is 0 Å². The van der Waals surface area contributed by atoms with Crippen molar-refractivity contribution < 1.29 is 14.3 Å². The Morgan fingerprint density at radius 3 is 2.44 bits per heavy atom. The number of amides is 2. The van der Waals surface area contributed by atoms with Crippen molar-refractivity contribution in [3.05, 3.63) is 22.7 Å². The average molecular weight is 370 g/mol. The molecular weight excluding hydrogens is 342 g/mol. The molecule has 25 heavy (non-hydrogen) atoms. The van der Waals surface area contributed by atoms with E-state index in [4.69, 9.17) is 22.1 Å². The van der Waals surface area contributed by atoms with Gasteiger partial charge in [0.25, 0.3) is 0 Å². The van der Waals surface area contributed by atoms with Gasteiger partial charge in [-0.05, 0) is 31.4 Å². The maximum absolute atomic E-state index is 12.3. The molecule has 0 fully saturated rings. The summed E-state index contributed by atoms with van der Waals surface area (Å²) < 4.78 is 5.23. The molecule has 0 atom stereocenters. The summed E-state index contributed by atoms with van der Waals surface area (Å²) in [5.41, 5.74) is 6.59. The highest BCUT2D eigenvalue weighted by Crippen LogP contribution is 2.31. The first-order valence-corrected chi connectivity index (χ1v) is 8.83. The number of benzene rings is 1. The highest BCUT2D eigenvalue weighted by atomic mass is 35.5. The minimum atomic E-state index is -0.563. The Balaban J connectivity index is 2.62. The molecule has 140 valence electrons. The van der Waals surface area contributed by atoms with E-state index in [0.29, 0.717) is 35.8 Å². The second-order valence-corrected chi connectivity index (χ2v) is 6.45. The highest BCUT2D eigenvalue weighted by Gasteiger charge is 2.32. The second kappa shape index (κ2) is 9.63. The molecule has 0 heterocycles. The summed E-state index contributed by atoms with van der Waals surface area (Å²) in [7, 11) is 1.51. The number of ether oxygens (including phenoxy) is 1. The number of carbonyl (C=O) groups excluding carboxylic acids is 2. The highest BCUT2D eigenvalue weighted by molar-refractivity contribution is 6.31. The van der Waals surface area contributed by atoms with E-state index in [2.05, 4.69) is 10.6 Å². The molecular formula is C18H28ClN3O3. The number of hydrogen-bond acceptors (Lipinski definition) is 4. The van der Waals surface area contributed by atoms with Crippen molar-refractivity contribution in [2.45, 2.75) is 40.0 Å². The number of carbonyl (C=O) groups is 2. The minimum Gasteiger partial charge on any atom is -0.495 e. The van der Waals surface area contributed by atoms with Crippen LogP contribution >= 0.6 is 11.6 Å². The minimum absolute atomic E-state index is 0.104. The zero-order valence-corrected chi connectivity index (χ0v) is 16.1. The van der Waals surface area contributed by atoms with Crippen LogP contribution in [0.5, 0.6) is 5.75 Å². The van der Waals surface area contributed by atoms with Crippen LogP contribution in [0, 0.1) is 12.3 Å². The van der Waals surface area contributed by atoms with Gasteiger partial charge < -0.3 is 21.1 Å². The van der Waals surface area contributed by atoms with Crippen LogP contribution in [0.4, 0.5) is 5.69 Å². The predicted octanol–water partition coefficient (Wildman–Crippen LogP) is 2.87. The van der Waals surface area contributed by atoms with E-state index >= 15 is 0 Å². The van der Waals surface area contributed by atoms with Crippen molar-refractivity contribution in [2.75, 3.05) is 25.5 Å². The third-order valence-corrected chi connectivity index (χ3v) is 5.03.